The molecule has 96 valence electrons. The van der Waals surface area contributed by atoms with E-state index in [-0.39, 0.29) is 5.16 Å². The van der Waals surface area contributed by atoms with Crippen molar-refractivity contribution in [1.82, 2.24) is 0 Å². The van der Waals surface area contributed by atoms with Crippen LogP contribution in [0.5, 0.6) is 0 Å². The maximum absolute atomic E-state index is 11.6. The molecule has 0 radical (unpaired) electrons. The lowest BCUT2D eigenvalue weighted by Gasteiger charge is -2.36. The summed E-state index contributed by atoms with van der Waals surface area (Å²) in [6.07, 6.45) is 7.34. The van der Waals surface area contributed by atoms with E-state index in [0.29, 0.717) is 20.3 Å². The van der Waals surface area contributed by atoms with E-state index in [1.54, 1.807) is 0 Å². The van der Waals surface area contributed by atoms with Crippen molar-refractivity contribution < 1.29 is 4.57 Å². The summed E-state index contributed by atoms with van der Waals surface area (Å²) in [6, 6.07) is 0. The first-order valence-electron chi connectivity index (χ1n) is 6.89. The normalized spacial score (nSPS) is 17.6. The van der Waals surface area contributed by atoms with Crippen LogP contribution in [0.4, 0.5) is 0 Å². The Kier molecular flexibility index (Phi) is 8.28. The number of rotatable bonds is 9. The van der Waals surface area contributed by atoms with E-state index in [1.165, 1.54) is 25.7 Å². The molecule has 2 unspecified atom stereocenters. The second-order valence-corrected chi connectivity index (χ2v) is 6.37. The largest absolute Gasteiger partial charge is 0.274 e. The van der Waals surface area contributed by atoms with Gasteiger partial charge in [-0.2, -0.15) is 0 Å². The van der Waals surface area contributed by atoms with Crippen LogP contribution in [0.15, 0.2) is 0 Å². The molecule has 0 amide bonds. The van der Waals surface area contributed by atoms with Gasteiger partial charge in [0.1, 0.15) is 0 Å². The standard InChI is InChI=1S/C14H29OP/c1-6-8-9-10-11-14(16-15,12(3)4)13(5)7-2/h12-13H,6-11H2,1-5H3. The molecule has 0 N–H and O–H groups in total. The number of unbranched alkanes of at least 4 members (excludes halogenated alkanes) is 3. The number of hydrogen-bond acceptors (Lipinski definition) is 1. The van der Waals surface area contributed by atoms with E-state index in [1.807, 2.05) is 0 Å². The smallest absolute Gasteiger partial charge is 0.162 e. The van der Waals surface area contributed by atoms with Gasteiger partial charge in [0.15, 0.2) is 8.46 Å². The fraction of sp³-hybridized carbons (Fsp3) is 1.00. The number of hydrogen-bond donors (Lipinski definition) is 0. The molecule has 16 heavy (non-hydrogen) atoms. The molecule has 0 aromatic heterocycles. The van der Waals surface area contributed by atoms with Crippen molar-refractivity contribution in [3.05, 3.63) is 0 Å². The quantitative estimate of drug-likeness (QED) is 0.376. The highest BCUT2D eigenvalue weighted by molar-refractivity contribution is 7.26. The van der Waals surface area contributed by atoms with E-state index >= 15 is 0 Å². The SMILES string of the molecule is CCCCCCC(P=O)(C(C)C)C(C)CC. The molecule has 0 aromatic carbocycles. The van der Waals surface area contributed by atoms with Crippen molar-refractivity contribution in [3.8, 4) is 0 Å². The van der Waals surface area contributed by atoms with Crippen molar-refractivity contribution in [2.75, 3.05) is 0 Å². The minimum atomic E-state index is 0.0164. The molecule has 0 saturated heterocycles. The molecular weight excluding hydrogens is 215 g/mol. The summed E-state index contributed by atoms with van der Waals surface area (Å²) >= 11 is 0. The first kappa shape index (κ1) is 16.1. The lowest BCUT2D eigenvalue weighted by atomic mass is 9.78. The zero-order valence-corrected chi connectivity index (χ0v) is 12.6. The average Bonchev–Trinajstić information content (AvgIpc) is 2.28. The highest BCUT2D eigenvalue weighted by Crippen LogP contribution is 2.44. The third kappa shape index (κ3) is 4.17. The highest BCUT2D eigenvalue weighted by Gasteiger charge is 2.38. The zero-order valence-electron chi connectivity index (χ0n) is 11.8. The summed E-state index contributed by atoms with van der Waals surface area (Å²) in [5, 5.41) is 0.0164. The maximum Gasteiger partial charge on any atom is 0.162 e. The lowest BCUT2D eigenvalue weighted by molar-refractivity contribution is 0.272. The van der Waals surface area contributed by atoms with Crippen molar-refractivity contribution in [2.45, 2.75) is 78.3 Å². The molecule has 0 aliphatic rings. The summed E-state index contributed by atoms with van der Waals surface area (Å²) in [5.41, 5.74) is 0. The van der Waals surface area contributed by atoms with Crippen LogP contribution in [0.2, 0.25) is 0 Å². The molecule has 0 spiro atoms. The third-order valence-corrected chi connectivity index (χ3v) is 5.59. The zero-order chi connectivity index (χ0) is 12.6. The first-order valence-corrected chi connectivity index (χ1v) is 7.70. The molecule has 0 aromatic rings. The van der Waals surface area contributed by atoms with Gasteiger partial charge in [-0.1, -0.05) is 66.7 Å². The summed E-state index contributed by atoms with van der Waals surface area (Å²) in [4.78, 5) is 0. The van der Waals surface area contributed by atoms with Gasteiger partial charge in [-0.05, 0) is 18.3 Å². The molecule has 0 rings (SSSR count). The van der Waals surface area contributed by atoms with E-state index in [2.05, 4.69) is 34.6 Å². The van der Waals surface area contributed by atoms with E-state index in [4.69, 9.17) is 0 Å². The van der Waals surface area contributed by atoms with E-state index in [0.717, 1.165) is 12.8 Å². The van der Waals surface area contributed by atoms with Gasteiger partial charge in [-0.25, -0.2) is 0 Å². The molecule has 0 aliphatic heterocycles. The van der Waals surface area contributed by atoms with Gasteiger partial charge in [-0.3, -0.25) is 4.57 Å². The molecule has 0 bridgehead atoms. The van der Waals surface area contributed by atoms with Gasteiger partial charge in [0.05, 0.1) is 5.16 Å². The minimum Gasteiger partial charge on any atom is -0.274 e. The summed E-state index contributed by atoms with van der Waals surface area (Å²) < 4.78 is 11.6. The molecule has 2 atom stereocenters. The van der Waals surface area contributed by atoms with Gasteiger partial charge in [0.2, 0.25) is 0 Å². The van der Waals surface area contributed by atoms with Crippen molar-refractivity contribution in [1.29, 1.82) is 0 Å². The Morgan fingerprint density at radius 1 is 1.06 bits per heavy atom. The van der Waals surface area contributed by atoms with Crippen LogP contribution >= 0.6 is 8.46 Å². The first-order chi connectivity index (χ1) is 7.55. The topological polar surface area (TPSA) is 17.1 Å². The van der Waals surface area contributed by atoms with Crippen LogP contribution in [0.3, 0.4) is 0 Å². The van der Waals surface area contributed by atoms with Gasteiger partial charge >= 0.3 is 0 Å². The van der Waals surface area contributed by atoms with Crippen LogP contribution in [0.1, 0.15) is 73.1 Å². The van der Waals surface area contributed by atoms with Crippen LogP contribution < -0.4 is 0 Å². The lowest BCUT2D eigenvalue weighted by Crippen LogP contribution is -2.36. The monoisotopic (exact) mass is 244 g/mol. The molecule has 0 saturated carbocycles. The van der Waals surface area contributed by atoms with E-state index < -0.39 is 0 Å². The van der Waals surface area contributed by atoms with Crippen molar-refractivity contribution >= 4 is 8.46 Å². The van der Waals surface area contributed by atoms with Gasteiger partial charge in [0, 0.05) is 0 Å². The van der Waals surface area contributed by atoms with Gasteiger partial charge in [-0.15, -0.1) is 0 Å². The Labute approximate surface area is 104 Å². The highest BCUT2D eigenvalue weighted by atomic mass is 31.1. The van der Waals surface area contributed by atoms with Crippen LogP contribution in [0, 0.1) is 11.8 Å². The Bertz CT molecular complexity index is 191. The summed E-state index contributed by atoms with van der Waals surface area (Å²) in [6.45, 7) is 11.1. The molecule has 1 nitrogen and oxygen atoms in total. The Balaban J connectivity index is 4.46. The van der Waals surface area contributed by atoms with Gasteiger partial charge in [0.25, 0.3) is 0 Å². The van der Waals surface area contributed by atoms with Gasteiger partial charge < -0.3 is 0 Å². The maximum atomic E-state index is 11.6. The molecule has 0 heterocycles. The molecule has 2 heteroatoms. The summed E-state index contributed by atoms with van der Waals surface area (Å²) in [5.74, 6) is 1.05. The fourth-order valence-electron chi connectivity index (χ4n) is 2.53. The van der Waals surface area contributed by atoms with Crippen LogP contribution in [0.25, 0.3) is 0 Å². The predicted molar refractivity (Wildman–Crippen MR) is 73.4 cm³/mol. The van der Waals surface area contributed by atoms with Crippen LogP contribution in [-0.2, 0) is 4.57 Å². The minimum absolute atomic E-state index is 0.0164. The van der Waals surface area contributed by atoms with Crippen molar-refractivity contribution in [3.63, 3.8) is 0 Å². The Morgan fingerprint density at radius 3 is 2.06 bits per heavy atom. The average molecular weight is 244 g/mol. The molecular formula is C14H29OP. The predicted octanol–water partition coefficient (Wildman–Crippen LogP) is 5.69. The third-order valence-electron chi connectivity index (χ3n) is 4.07. The van der Waals surface area contributed by atoms with Crippen LogP contribution in [-0.4, -0.2) is 5.16 Å². The second kappa shape index (κ2) is 8.23. The Hall–Kier alpha value is 0.100. The molecule has 0 fully saturated rings. The summed E-state index contributed by atoms with van der Waals surface area (Å²) in [7, 11) is 0.357. The fourth-order valence-corrected chi connectivity index (χ4v) is 3.36. The van der Waals surface area contributed by atoms with Crippen molar-refractivity contribution in [2.24, 2.45) is 11.8 Å². The molecule has 0 aliphatic carbocycles. The van der Waals surface area contributed by atoms with E-state index in [9.17, 15) is 4.57 Å². The second-order valence-electron chi connectivity index (χ2n) is 5.36. The Morgan fingerprint density at radius 2 is 1.69 bits per heavy atom.